The second-order valence-corrected chi connectivity index (χ2v) is 8.29. The van der Waals surface area contributed by atoms with E-state index in [9.17, 15) is 9.59 Å². The van der Waals surface area contributed by atoms with Crippen molar-refractivity contribution in [1.29, 1.82) is 0 Å². The standard InChI is InChI=1S/C20H30N4O2.ClH/c1-13(2)11-20(3,12-21)23-18(25)14-8-9-17-16(10-14)22-19(26)24(17)15-6-4-5-7-15;/h8-10,13,15H,4-7,11-12,21H2,1-3H3,(H,22,26)(H,23,25);1H. The van der Waals surface area contributed by atoms with Crippen LogP contribution in [0.3, 0.4) is 0 Å². The fourth-order valence-corrected chi connectivity index (χ4v) is 4.23. The minimum absolute atomic E-state index is 0. The van der Waals surface area contributed by atoms with E-state index in [0.29, 0.717) is 23.5 Å². The molecule has 1 heterocycles. The summed E-state index contributed by atoms with van der Waals surface area (Å²) < 4.78 is 1.85. The van der Waals surface area contributed by atoms with Gasteiger partial charge in [0.15, 0.2) is 0 Å². The van der Waals surface area contributed by atoms with Crippen LogP contribution < -0.4 is 16.7 Å². The Kier molecular flexibility index (Phi) is 6.76. The van der Waals surface area contributed by atoms with Gasteiger partial charge in [0.05, 0.1) is 11.0 Å². The van der Waals surface area contributed by atoms with Gasteiger partial charge < -0.3 is 16.0 Å². The quantitative estimate of drug-likeness (QED) is 0.701. The van der Waals surface area contributed by atoms with E-state index in [0.717, 1.165) is 37.6 Å². The largest absolute Gasteiger partial charge is 0.346 e. The molecule has 150 valence electrons. The Balaban J connectivity index is 0.00000261. The van der Waals surface area contributed by atoms with Crippen molar-refractivity contribution in [3.05, 3.63) is 34.2 Å². The van der Waals surface area contributed by atoms with Crippen LogP contribution in [0.15, 0.2) is 23.0 Å². The van der Waals surface area contributed by atoms with Crippen LogP contribution in [0, 0.1) is 5.92 Å². The van der Waals surface area contributed by atoms with Crippen LogP contribution in [0.2, 0.25) is 0 Å². The molecule has 4 N–H and O–H groups in total. The summed E-state index contributed by atoms with van der Waals surface area (Å²) in [6.45, 7) is 6.58. The molecule has 7 heteroatoms. The molecule has 0 aliphatic heterocycles. The van der Waals surface area contributed by atoms with Gasteiger partial charge in [-0.15, -0.1) is 12.4 Å². The first-order valence-corrected chi connectivity index (χ1v) is 9.60. The smallest absolute Gasteiger partial charge is 0.326 e. The number of aromatic amines is 1. The monoisotopic (exact) mass is 394 g/mol. The van der Waals surface area contributed by atoms with Gasteiger partial charge in [0.2, 0.25) is 0 Å². The molecule has 0 spiro atoms. The van der Waals surface area contributed by atoms with Crippen molar-refractivity contribution >= 4 is 29.3 Å². The number of nitrogens with two attached hydrogens (primary N) is 1. The molecule has 1 amide bonds. The topological polar surface area (TPSA) is 92.9 Å². The van der Waals surface area contributed by atoms with Crippen molar-refractivity contribution in [3.63, 3.8) is 0 Å². The normalized spacial score (nSPS) is 17.1. The molecular formula is C20H31ClN4O2. The Morgan fingerprint density at radius 3 is 2.63 bits per heavy atom. The lowest BCUT2D eigenvalue weighted by molar-refractivity contribution is 0.0898. The zero-order valence-corrected chi connectivity index (χ0v) is 17.2. The number of hydrogen-bond donors (Lipinski definition) is 3. The highest BCUT2D eigenvalue weighted by molar-refractivity contribution is 5.97. The number of aromatic nitrogens is 2. The summed E-state index contributed by atoms with van der Waals surface area (Å²) >= 11 is 0. The molecular weight excluding hydrogens is 364 g/mol. The first kappa shape index (κ1) is 21.5. The van der Waals surface area contributed by atoms with E-state index >= 15 is 0 Å². The zero-order valence-electron chi connectivity index (χ0n) is 16.4. The third kappa shape index (κ3) is 4.55. The second-order valence-electron chi connectivity index (χ2n) is 8.29. The number of rotatable bonds is 6. The molecule has 0 radical (unpaired) electrons. The number of benzene rings is 1. The van der Waals surface area contributed by atoms with Crippen LogP contribution in [0.1, 0.15) is 69.3 Å². The minimum Gasteiger partial charge on any atom is -0.346 e. The Morgan fingerprint density at radius 2 is 2.04 bits per heavy atom. The second kappa shape index (κ2) is 8.48. The van der Waals surface area contributed by atoms with Gasteiger partial charge in [0.25, 0.3) is 5.91 Å². The highest BCUT2D eigenvalue weighted by Gasteiger charge is 2.27. The van der Waals surface area contributed by atoms with Crippen LogP contribution in [-0.2, 0) is 0 Å². The van der Waals surface area contributed by atoms with Gasteiger partial charge in [-0.3, -0.25) is 9.36 Å². The maximum absolute atomic E-state index is 12.7. The first-order valence-electron chi connectivity index (χ1n) is 9.60. The maximum Gasteiger partial charge on any atom is 0.326 e. The summed E-state index contributed by atoms with van der Waals surface area (Å²) in [5, 5.41) is 3.07. The van der Waals surface area contributed by atoms with E-state index < -0.39 is 5.54 Å². The molecule has 2 aromatic rings. The van der Waals surface area contributed by atoms with Gasteiger partial charge in [-0.2, -0.15) is 0 Å². The van der Waals surface area contributed by atoms with Crippen LogP contribution in [0.4, 0.5) is 0 Å². The molecule has 27 heavy (non-hydrogen) atoms. The number of nitrogens with one attached hydrogen (secondary N) is 2. The number of carbonyl (C=O) groups is 1. The van der Waals surface area contributed by atoms with Crippen LogP contribution in [0.25, 0.3) is 11.0 Å². The number of hydrogen-bond acceptors (Lipinski definition) is 3. The van der Waals surface area contributed by atoms with Crippen LogP contribution >= 0.6 is 12.4 Å². The van der Waals surface area contributed by atoms with E-state index in [-0.39, 0.29) is 30.0 Å². The Bertz CT molecular complexity index is 851. The third-order valence-corrected chi connectivity index (χ3v) is 5.39. The number of carbonyl (C=O) groups excluding carboxylic acids is 1. The van der Waals surface area contributed by atoms with Gasteiger partial charge in [0.1, 0.15) is 0 Å². The van der Waals surface area contributed by atoms with Crippen LogP contribution in [-0.4, -0.2) is 27.5 Å². The number of amides is 1. The molecule has 1 saturated carbocycles. The molecule has 1 aromatic carbocycles. The fourth-order valence-electron chi connectivity index (χ4n) is 4.23. The average molecular weight is 395 g/mol. The minimum atomic E-state index is -0.441. The molecule has 0 bridgehead atoms. The summed E-state index contributed by atoms with van der Waals surface area (Å²) in [7, 11) is 0. The summed E-state index contributed by atoms with van der Waals surface area (Å²) in [5.41, 5.74) is 7.51. The van der Waals surface area contributed by atoms with Crippen LogP contribution in [0.5, 0.6) is 0 Å². The maximum atomic E-state index is 12.7. The molecule has 6 nitrogen and oxygen atoms in total. The molecule has 1 unspecified atom stereocenters. The highest BCUT2D eigenvalue weighted by Crippen LogP contribution is 2.30. The number of fused-ring (bicyclic) bond motifs is 1. The van der Waals surface area contributed by atoms with Crippen molar-refractivity contribution in [2.75, 3.05) is 6.54 Å². The van der Waals surface area contributed by atoms with Gasteiger partial charge in [0, 0.05) is 23.7 Å². The van der Waals surface area contributed by atoms with E-state index in [4.69, 9.17) is 5.73 Å². The lowest BCUT2D eigenvalue weighted by Gasteiger charge is -2.31. The molecule has 3 rings (SSSR count). The Labute approximate surface area is 166 Å². The van der Waals surface area contributed by atoms with E-state index in [1.54, 1.807) is 12.1 Å². The van der Waals surface area contributed by atoms with Crippen molar-refractivity contribution in [3.8, 4) is 0 Å². The Hall–Kier alpha value is -1.79. The molecule has 1 fully saturated rings. The van der Waals surface area contributed by atoms with E-state index in [2.05, 4.69) is 24.1 Å². The number of nitrogens with zero attached hydrogens (tertiary/aromatic N) is 1. The summed E-state index contributed by atoms with van der Waals surface area (Å²) in [6, 6.07) is 5.71. The molecule has 1 aromatic heterocycles. The van der Waals surface area contributed by atoms with Gasteiger partial charge in [-0.05, 0) is 50.3 Å². The number of halogens is 1. The third-order valence-electron chi connectivity index (χ3n) is 5.39. The van der Waals surface area contributed by atoms with Crippen molar-refractivity contribution in [2.24, 2.45) is 11.7 Å². The van der Waals surface area contributed by atoms with Crippen molar-refractivity contribution in [1.82, 2.24) is 14.9 Å². The Morgan fingerprint density at radius 1 is 1.37 bits per heavy atom. The SMILES string of the molecule is CC(C)CC(C)(CN)NC(=O)c1ccc2c(c1)[nH]c(=O)n2C1CCCC1.Cl. The predicted octanol–water partition coefficient (Wildman–Crippen LogP) is 3.36. The molecule has 1 aliphatic carbocycles. The summed E-state index contributed by atoms with van der Waals surface area (Å²) in [4.78, 5) is 28.0. The summed E-state index contributed by atoms with van der Waals surface area (Å²) in [6.07, 6.45) is 5.22. The predicted molar refractivity (Wildman–Crippen MR) is 112 cm³/mol. The lowest BCUT2D eigenvalue weighted by Crippen LogP contribution is -2.52. The van der Waals surface area contributed by atoms with E-state index in [1.165, 1.54) is 0 Å². The van der Waals surface area contributed by atoms with Gasteiger partial charge in [-0.25, -0.2) is 4.79 Å². The summed E-state index contributed by atoms with van der Waals surface area (Å²) in [5.74, 6) is 0.276. The van der Waals surface area contributed by atoms with E-state index in [1.807, 2.05) is 17.6 Å². The van der Waals surface area contributed by atoms with Gasteiger partial charge >= 0.3 is 5.69 Å². The highest BCUT2D eigenvalue weighted by atomic mass is 35.5. The van der Waals surface area contributed by atoms with Gasteiger partial charge in [-0.1, -0.05) is 26.7 Å². The average Bonchev–Trinajstić information content (AvgIpc) is 3.19. The fraction of sp³-hybridized carbons (Fsp3) is 0.600. The molecule has 0 saturated heterocycles. The van der Waals surface area contributed by atoms with Crippen molar-refractivity contribution < 1.29 is 4.79 Å². The number of imidazole rings is 1. The molecule has 1 atom stereocenters. The lowest BCUT2D eigenvalue weighted by atomic mass is 9.90. The first-order chi connectivity index (χ1) is 12.3. The number of H-pyrrole nitrogens is 1. The zero-order chi connectivity index (χ0) is 18.9. The van der Waals surface area contributed by atoms with Crippen molar-refractivity contribution in [2.45, 2.75) is 64.5 Å². The molecule has 1 aliphatic rings.